The number of H-pyrrole nitrogens is 1. The van der Waals surface area contributed by atoms with Crippen molar-refractivity contribution in [3.63, 3.8) is 0 Å². The van der Waals surface area contributed by atoms with Gasteiger partial charge in [-0.2, -0.15) is 5.26 Å². The van der Waals surface area contributed by atoms with Crippen molar-refractivity contribution in [3.8, 4) is 6.07 Å². The van der Waals surface area contributed by atoms with E-state index in [-0.39, 0.29) is 6.04 Å². The van der Waals surface area contributed by atoms with Gasteiger partial charge in [0.15, 0.2) is 0 Å². The first-order chi connectivity index (χ1) is 8.40. The minimum Gasteiger partial charge on any atom is -0.363 e. The van der Waals surface area contributed by atoms with E-state index in [0.29, 0.717) is 0 Å². The number of aromatic amines is 1. The first-order valence-corrected chi connectivity index (χ1v) is 6.34. The molecule has 3 heteroatoms. The summed E-state index contributed by atoms with van der Waals surface area (Å²) in [6, 6.07) is 5.93. The highest BCUT2D eigenvalue weighted by Crippen LogP contribution is 2.19. The lowest BCUT2D eigenvalue weighted by Gasteiger charge is -2.14. The Balaban J connectivity index is 1.77. The number of nitrogens with one attached hydrogen (secondary N) is 2. The van der Waals surface area contributed by atoms with Gasteiger partial charge in [-0.25, -0.2) is 0 Å². The van der Waals surface area contributed by atoms with Crippen LogP contribution in [0.2, 0.25) is 0 Å². The quantitative estimate of drug-likeness (QED) is 0.762. The molecule has 1 aliphatic carbocycles. The smallest absolute Gasteiger partial charge is 0.136 e. The van der Waals surface area contributed by atoms with Gasteiger partial charge in [0, 0.05) is 18.4 Å². The molecule has 0 fully saturated rings. The van der Waals surface area contributed by atoms with Gasteiger partial charge in [-0.15, -0.1) is 0 Å². The van der Waals surface area contributed by atoms with Crippen molar-refractivity contribution >= 4 is 0 Å². The van der Waals surface area contributed by atoms with Crippen LogP contribution in [0.4, 0.5) is 0 Å². The summed E-state index contributed by atoms with van der Waals surface area (Å²) >= 11 is 0. The summed E-state index contributed by atoms with van der Waals surface area (Å²) in [6.45, 7) is 0.878. The number of rotatable bonds is 5. The van der Waals surface area contributed by atoms with Crippen molar-refractivity contribution in [2.45, 2.75) is 38.1 Å². The Kier molecular flexibility index (Phi) is 4.40. The molecular formula is C14H19N3. The Morgan fingerprint density at radius 3 is 3.06 bits per heavy atom. The van der Waals surface area contributed by atoms with E-state index < -0.39 is 0 Å². The number of hydrogen-bond acceptors (Lipinski definition) is 2. The molecule has 0 saturated heterocycles. The molecule has 0 saturated carbocycles. The van der Waals surface area contributed by atoms with E-state index in [1.807, 2.05) is 18.3 Å². The molecule has 1 aromatic heterocycles. The number of aromatic nitrogens is 1. The molecule has 1 unspecified atom stereocenters. The van der Waals surface area contributed by atoms with Gasteiger partial charge in [-0.05, 0) is 44.2 Å². The maximum atomic E-state index is 9.09. The molecule has 3 nitrogen and oxygen atoms in total. The Morgan fingerprint density at radius 1 is 1.47 bits per heavy atom. The minimum absolute atomic E-state index is 0.214. The molecule has 0 aromatic carbocycles. The maximum absolute atomic E-state index is 9.09. The van der Waals surface area contributed by atoms with Crippen molar-refractivity contribution in [3.05, 3.63) is 35.7 Å². The van der Waals surface area contributed by atoms with Crippen LogP contribution in [0.3, 0.4) is 0 Å². The summed E-state index contributed by atoms with van der Waals surface area (Å²) in [4.78, 5) is 3.08. The average molecular weight is 229 g/mol. The van der Waals surface area contributed by atoms with Crippen LogP contribution < -0.4 is 5.32 Å². The molecule has 90 valence electrons. The van der Waals surface area contributed by atoms with Gasteiger partial charge in [0.25, 0.3) is 0 Å². The van der Waals surface area contributed by atoms with Gasteiger partial charge in [-0.3, -0.25) is 5.32 Å². The summed E-state index contributed by atoms with van der Waals surface area (Å²) in [5.41, 5.74) is 2.50. The first-order valence-electron chi connectivity index (χ1n) is 6.34. The molecule has 17 heavy (non-hydrogen) atoms. The molecule has 1 aromatic rings. The highest BCUT2D eigenvalue weighted by Gasteiger charge is 2.10. The summed E-state index contributed by atoms with van der Waals surface area (Å²) in [6.07, 6.45) is 10.4. The standard InChI is InChI=1S/C14H19N3/c15-11-14(13-7-4-9-16-13)17-10-8-12-5-2-1-3-6-12/h4-5,7,9,14,16-17H,1-3,6,8,10H2. The summed E-state index contributed by atoms with van der Waals surface area (Å²) in [5.74, 6) is 0. The topological polar surface area (TPSA) is 51.6 Å². The highest BCUT2D eigenvalue weighted by atomic mass is 14.9. The lowest BCUT2D eigenvalue weighted by Crippen LogP contribution is -2.22. The third kappa shape index (κ3) is 3.47. The summed E-state index contributed by atoms with van der Waals surface area (Å²) in [7, 11) is 0. The highest BCUT2D eigenvalue weighted by molar-refractivity contribution is 5.16. The molecule has 1 atom stereocenters. The van der Waals surface area contributed by atoms with Crippen LogP contribution in [0.5, 0.6) is 0 Å². The number of allylic oxidation sites excluding steroid dienone is 1. The molecule has 2 rings (SSSR count). The lowest BCUT2D eigenvalue weighted by molar-refractivity contribution is 0.595. The number of nitriles is 1. The van der Waals surface area contributed by atoms with Gasteiger partial charge in [0.2, 0.25) is 0 Å². The van der Waals surface area contributed by atoms with Crippen LogP contribution in [0.25, 0.3) is 0 Å². The predicted octanol–water partition coefficient (Wildman–Crippen LogP) is 3.06. The SMILES string of the molecule is N#CC(NCCC1=CCCCC1)c1ccc[nH]1. The van der Waals surface area contributed by atoms with Crippen LogP contribution in [0.15, 0.2) is 30.0 Å². The van der Waals surface area contributed by atoms with Gasteiger partial charge in [0.05, 0.1) is 6.07 Å². The maximum Gasteiger partial charge on any atom is 0.136 e. The summed E-state index contributed by atoms with van der Waals surface area (Å²) in [5, 5.41) is 12.4. The van der Waals surface area contributed by atoms with Crippen LogP contribution in [0.1, 0.15) is 43.8 Å². The molecule has 1 aliphatic rings. The molecule has 0 aliphatic heterocycles. The van der Waals surface area contributed by atoms with E-state index in [4.69, 9.17) is 5.26 Å². The van der Waals surface area contributed by atoms with E-state index in [2.05, 4.69) is 22.4 Å². The second-order valence-corrected chi connectivity index (χ2v) is 4.50. The Morgan fingerprint density at radius 2 is 2.41 bits per heavy atom. The second kappa shape index (κ2) is 6.27. The average Bonchev–Trinajstić information content (AvgIpc) is 2.90. The Labute approximate surface area is 103 Å². The van der Waals surface area contributed by atoms with Crippen LogP contribution in [-0.4, -0.2) is 11.5 Å². The van der Waals surface area contributed by atoms with E-state index in [1.54, 1.807) is 5.57 Å². The fourth-order valence-electron chi connectivity index (χ4n) is 2.26. The largest absolute Gasteiger partial charge is 0.363 e. The van der Waals surface area contributed by atoms with Gasteiger partial charge in [0.1, 0.15) is 6.04 Å². The second-order valence-electron chi connectivity index (χ2n) is 4.50. The van der Waals surface area contributed by atoms with Crippen molar-refractivity contribution in [2.75, 3.05) is 6.54 Å². The zero-order chi connectivity index (χ0) is 11.9. The molecule has 0 amide bonds. The fraction of sp³-hybridized carbons (Fsp3) is 0.500. The normalized spacial score (nSPS) is 17.2. The number of hydrogen-bond donors (Lipinski definition) is 2. The number of nitrogens with zero attached hydrogens (tertiary/aromatic N) is 1. The van der Waals surface area contributed by atoms with E-state index in [1.165, 1.54) is 25.7 Å². The van der Waals surface area contributed by atoms with E-state index in [9.17, 15) is 0 Å². The minimum atomic E-state index is -0.214. The third-order valence-corrected chi connectivity index (χ3v) is 3.24. The first kappa shape index (κ1) is 11.9. The van der Waals surface area contributed by atoms with Crippen LogP contribution >= 0.6 is 0 Å². The Bertz CT molecular complexity index is 398. The molecule has 0 bridgehead atoms. The van der Waals surface area contributed by atoms with Crippen molar-refractivity contribution in [1.82, 2.24) is 10.3 Å². The zero-order valence-corrected chi connectivity index (χ0v) is 10.1. The molecule has 0 spiro atoms. The lowest BCUT2D eigenvalue weighted by atomic mass is 9.97. The van der Waals surface area contributed by atoms with E-state index >= 15 is 0 Å². The van der Waals surface area contributed by atoms with Crippen molar-refractivity contribution < 1.29 is 0 Å². The van der Waals surface area contributed by atoms with Crippen molar-refractivity contribution in [1.29, 1.82) is 5.26 Å². The van der Waals surface area contributed by atoms with Crippen LogP contribution in [0, 0.1) is 11.3 Å². The van der Waals surface area contributed by atoms with Gasteiger partial charge >= 0.3 is 0 Å². The summed E-state index contributed by atoms with van der Waals surface area (Å²) < 4.78 is 0. The zero-order valence-electron chi connectivity index (χ0n) is 10.1. The molecule has 0 radical (unpaired) electrons. The van der Waals surface area contributed by atoms with Crippen molar-refractivity contribution in [2.24, 2.45) is 0 Å². The fourth-order valence-corrected chi connectivity index (χ4v) is 2.26. The van der Waals surface area contributed by atoms with Gasteiger partial charge < -0.3 is 4.98 Å². The molecular weight excluding hydrogens is 210 g/mol. The third-order valence-electron chi connectivity index (χ3n) is 3.24. The monoisotopic (exact) mass is 229 g/mol. The molecule has 2 N–H and O–H groups in total. The Hall–Kier alpha value is -1.53. The molecule has 1 heterocycles. The predicted molar refractivity (Wildman–Crippen MR) is 68.3 cm³/mol. The van der Waals surface area contributed by atoms with Crippen LogP contribution in [-0.2, 0) is 0 Å². The van der Waals surface area contributed by atoms with Gasteiger partial charge in [-0.1, -0.05) is 11.6 Å². The van der Waals surface area contributed by atoms with E-state index in [0.717, 1.165) is 18.7 Å².